The zero-order valence-corrected chi connectivity index (χ0v) is 11.5. The highest BCUT2D eigenvalue weighted by atomic mass is 35.5. The number of carbonyl (C=O) groups is 1. The summed E-state index contributed by atoms with van der Waals surface area (Å²) in [6.07, 6.45) is 2.20. The highest BCUT2D eigenvalue weighted by molar-refractivity contribution is 6.30. The minimum absolute atomic E-state index is 0.0148. The third-order valence-electron chi connectivity index (χ3n) is 3.09. The van der Waals surface area contributed by atoms with Gasteiger partial charge in [-0.2, -0.15) is 0 Å². The number of hydrogen-bond donors (Lipinski definition) is 2. The summed E-state index contributed by atoms with van der Waals surface area (Å²) in [6.45, 7) is 4.19. The van der Waals surface area contributed by atoms with Crippen molar-refractivity contribution in [1.82, 2.24) is 10.6 Å². The Morgan fingerprint density at radius 3 is 2.39 bits per heavy atom. The zero-order chi connectivity index (χ0) is 13.1. The molecule has 1 aliphatic carbocycles. The molecule has 0 saturated heterocycles. The van der Waals surface area contributed by atoms with Gasteiger partial charge >= 0.3 is 6.03 Å². The Balaban J connectivity index is 2.02. The van der Waals surface area contributed by atoms with Crippen LogP contribution in [0.15, 0.2) is 24.3 Å². The Hall–Kier alpha value is -1.22. The molecule has 2 amide bonds. The second-order valence-electron chi connectivity index (χ2n) is 5.17. The molecule has 2 N–H and O–H groups in total. The molecule has 1 aromatic carbocycles. The molecule has 1 saturated carbocycles. The van der Waals surface area contributed by atoms with Crippen molar-refractivity contribution in [2.24, 2.45) is 5.92 Å². The minimum Gasteiger partial charge on any atom is -0.335 e. The lowest BCUT2D eigenvalue weighted by Crippen LogP contribution is -2.40. The van der Waals surface area contributed by atoms with Crippen LogP contribution >= 0.6 is 11.6 Å². The average molecular weight is 267 g/mol. The van der Waals surface area contributed by atoms with Crippen LogP contribution in [-0.2, 0) is 0 Å². The molecule has 0 aliphatic heterocycles. The molecule has 0 spiro atoms. The van der Waals surface area contributed by atoms with E-state index in [4.69, 9.17) is 11.6 Å². The van der Waals surface area contributed by atoms with Crippen LogP contribution in [0.5, 0.6) is 0 Å². The molecule has 2 rings (SSSR count). The van der Waals surface area contributed by atoms with Gasteiger partial charge in [-0.05, 0) is 36.5 Å². The molecule has 98 valence electrons. The largest absolute Gasteiger partial charge is 0.335 e. The number of hydrogen-bond acceptors (Lipinski definition) is 1. The van der Waals surface area contributed by atoms with E-state index in [1.165, 1.54) is 0 Å². The zero-order valence-electron chi connectivity index (χ0n) is 10.7. The summed E-state index contributed by atoms with van der Waals surface area (Å²) in [5.41, 5.74) is 1.08. The van der Waals surface area contributed by atoms with Crippen molar-refractivity contribution in [2.45, 2.75) is 38.8 Å². The summed E-state index contributed by atoms with van der Waals surface area (Å²) in [6, 6.07) is 7.95. The molecule has 0 bridgehead atoms. The highest BCUT2D eigenvalue weighted by Gasteiger charge is 2.25. The predicted octanol–water partition coefficient (Wildman–Crippen LogP) is 3.50. The van der Waals surface area contributed by atoms with Gasteiger partial charge in [0.25, 0.3) is 0 Å². The number of nitrogens with one attached hydrogen (secondary N) is 2. The second kappa shape index (κ2) is 5.61. The van der Waals surface area contributed by atoms with E-state index in [0.29, 0.717) is 17.0 Å². The molecule has 1 atom stereocenters. The standard InChI is InChI=1S/C14H19ClN2O/c1-9(2)13(10-3-5-11(15)6-4-10)17-14(18)16-12-7-8-12/h3-6,9,12-13H,7-8H2,1-2H3,(H2,16,17,18)/t13-/m1/s1. The van der Waals surface area contributed by atoms with Gasteiger partial charge in [-0.1, -0.05) is 37.6 Å². The minimum atomic E-state index is -0.0776. The van der Waals surface area contributed by atoms with E-state index in [2.05, 4.69) is 24.5 Å². The number of benzene rings is 1. The summed E-state index contributed by atoms with van der Waals surface area (Å²) < 4.78 is 0. The molecule has 18 heavy (non-hydrogen) atoms. The first-order chi connectivity index (χ1) is 8.56. The van der Waals surface area contributed by atoms with E-state index in [0.717, 1.165) is 18.4 Å². The van der Waals surface area contributed by atoms with Crippen LogP contribution in [0.4, 0.5) is 4.79 Å². The van der Waals surface area contributed by atoms with Gasteiger partial charge in [0, 0.05) is 11.1 Å². The molecule has 0 heterocycles. The number of carbonyl (C=O) groups excluding carboxylic acids is 1. The Morgan fingerprint density at radius 1 is 1.28 bits per heavy atom. The third-order valence-corrected chi connectivity index (χ3v) is 3.35. The highest BCUT2D eigenvalue weighted by Crippen LogP contribution is 2.24. The fourth-order valence-electron chi connectivity index (χ4n) is 1.90. The molecule has 0 radical (unpaired) electrons. The smallest absolute Gasteiger partial charge is 0.315 e. The van der Waals surface area contributed by atoms with E-state index in [1.807, 2.05) is 24.3 Å². The van der Waals surface area contributed by atoms with E-state index >= 15 is 0 Å². The van der Waals surface area contributed by atoms with Gasteiger partial charge in [0.1, 0.15) is 0 Å². The first-order valence-corrected chi connectivity index (χ1v) is 6.76. The molecule has 1 aliphatic rings. The van der Waals surface area contributed by atoms with Crippen molar-refractivity contribution < 1.29 is 4.79 Å². The van der Waals surface area contributed by atoms with Crippen LogP contribution in [0, 0.1) is 5.92 Å². The lowest BCUT2D eigenvalue weighted by molar-refractivity contribution is 0.232. The number of amides is 2. The molecular formula is C14H19ClN2O. The Morgan fingerprint density at radius 2 is 1.89 bits per heavy atom. The average Bonchev–Trinajstić information content (AvgIpc) is 3.11. The lowest BCUT2D eigenvalue weighted by atomic mass is 9.96. The molecule has 3 nitrogen and oxygen atoms in total. The third kappa shape index (κ3) is 3.64. The van der Waals surface area contributed by atoms with Gasteiger partial charge in [-0.3, -0.25) is 0 Å². The number of urea groups is 1. The normalized spacial score (nSPS) is 16.4. The van der Waals surface area contributed by atoms with Crippen molar-refractivity contribution in [3.63, 3.8) is 0 Å². The molecule has 0 aromatic heterocycles. The SMILES string of the molecule is CC(C)[C@@H](NC(=O)NC1CC1)c1ccc(Cl)cc1. The molecule has 4 heteroatoms. The van der Waals surface area contributed by atoms with E-state index in [1.54, 1.807) is 0 Å². The Kier molecular flexibility index (Phi) is 4.12. The van der Waals surface area contributed by atoms with Gasteiger partial charge in [0.05, 0.1) is 6.04 Å². The lowest BCUT2D eigenvalue weighted by Gasteiger charge is -2.23. The van der Waals surface area contributed by atoms with Crippen LogP contribution in [0.2, 0.25) is 5.02 Å². The number of halogens is 1. The van der Waals surface area contributed by atoms with Gasteiger partial charge in [0.2, 0.25) is 0 Å². The van der Waals surface area contributed by atoms with Gasteiger partial charge in [-0.25, -0.2) is 4.79 Å². The fourth-order valence-corrected chi connectivity index (χ4v) is 2.03. The maximum Gasteiger partial charge on any atom is 0.315 e. The summed E-state index contributed by atoms with van der Waals surface area (Å²) >= 11 is 5.88. The second-order valence-corrected chi connectivity index (χ2v) is 5.60. The van der Waals surface area contributed by atoms with Crippen LogP contribution in [-0.4, -0.2) is 12.1 Å². The van der Waals surface area contributed by atoms with Crippen LogP contribution in [0.3, 0.4) is 0 Å². The first kappa shape index (κ1) is 13.2. The summed E-state index contributed by atoms with van der Waals surface area (Å²) in [4.78, 5) is 11.8. The summed E-state index contributed by atoms with van der Waals surface area (Å²) in [7, 11) is 0. The Labute approximate surface area is 113 Å². The maximum atomic E-state index is 11.8. The van der Waals surface area contributed by atoms with Crippen molar-refractivity contribution in [2.75, 3.05) is 0 Å². The van der Waals surface area contributed by atoms with Crippen molar-refractivity contribution >= 4 is 17.6 Å². The molecule has 1 fully saturated rings. The first-order valence-electron chi connectivity index (χ1n) is 6.39. The quantitative estimate of drug-likeness (QED) is 0.860. The van der Waals surface area contributed by atoms with Gasteiger partial charge in [0.15, 0.2) is 0 Å². The topological polar surface area (TPSA) is 41.1 Å². The van der Waals surface area contributed by atoms with E-state index < -0.39 is 0 Å². The van der Waals surface area contributed by atoms with Crippen molar-refractivity contribution in [3.8, 4) is 0 Å². The van der Waals surface area contributed by atoms with E-state index in [-0.39, 0.29) is 12.1 Å². The predicted molar refractivity (Wildman–Crippen MR) is 73.7 cm³/mol. The van der Waals surface area contributed by atoms with Crippen LogP contribution in [0.25, 0.3) is 0 Å². The monoisotopic (exact) mass is 266 g/mol. The van der Waals surface area contributed by atoms with Crippen molar-refractivity contribution in [3.05, 3.63) is 34.9 Å². The van der Waals surface area contributed by atoms with Gasteiger partial charge in [-0.15, -0.1) is 0 Å². The maximum absolute atomic E-state index is 11.8. The fraction of sp³-hybridized carbons (Fsp3) is 0.500. The summed E-state index contributed by atoms with van der Waals surface area (Å²) in [5.74, 6) is 0.330. The van der Waals surface area contributed by atoms with Gasteiger partial charge < -0.3 is 10.6 Å². The van der Waals surface area contributed by atoms with Crippen molar-refractivity contribution in [1.29, 1.82) is 0 Å². The number of rotatable bonds is 4. The molecule has 0 unspecified atom stereocenters. The summed E-state index contributed by atoms with van der Waals surface area (Å²) in [5, 5.41) is 6.69. The van der Waals surface area contributed by atoms with Crippen LogP contribution < -0.4 is 10.6 Å². The Bertz CT molecular complexity index is 412. The molecular weight excluding hydrogens is 248 g/mol. The van der Waals surface area contributed by atoms with Crippen LogP contribution in [0.1, 0.15) is 38.3 Å². The molecule has 1 aromatic rings. The van der Waals surface area contributed by atoms with E-state index in [9.17, 15) is 4.79 Å².